The molecule has 0 atom stereocenters. The number of rotatable bonds is 11. The van der Waals surface area contributed by atoms with E-state index in [1.165, 1.54) is 11.3 Å². The summed E-state index contributed by atoms with van der Waals surface area (Å²) in [5, 5.41) is 7.43. The molecule has 2 N–H and O–H groups in total. The molecule has 2 aliphatic rings. The smallest absolute Gasteiger partial charge is 0.317 e. The van der Waals surface area contributed by atoms with Crippen molar-refractivity contribution in [2.75, 3.05) is 38.8 Å². The van der Waals surface area contributed by atoms with E-state index >= 15 is 0 Å². The lowest BCUT2D eigenvalue weighted by Gasteiger charge is -2.45. The van der Waals surface area contributed by atoms with Crippen molar-refractivity contribution in [2.45, 2.75) is 44.8 Å². The first-order chi connectivity index (χ1) is 17.2. The second-order valence-corrected chi connectivity index (χ2v) is 10.3. The van der Waals surface area contributed by atoms with Gasteiger partial charge in [0.05, 0.1) is 23.8 Å². The Balaban J connectivity index is 1.13. The first-order valence-electron chi connectivity index (χ1n) is 12.2. The summed E-state index contributed by atoms with van der Waals surface area (Å²) in [6.07, 6.45) is 11.0. The molecule has 5 rings (SSSR count). The molecule has 186 valence electrons. The number of hydrogen-bond donors (Lipinski definition) is 2. The van der Waals surface area contributed by atoms with Crippen molar-refractivity contribution < 1.29 is 14.2 Å². The first kappa shape index (κ1) is 24.1. The van der Waals surface area contributed by atoms with Crippen LogP contribution in [-0.4, -0.2) is 59.5 Å². The highest BCUT2D eigenvalue weighted by atomic mass is 32.1. The van der Waals surface area contributed by atoms with Crippen LogP contribution >= 0.6 is 11.3 Å². The van der Waals surface area contributed by atoms with E-state index in [4.69, 9.17) is 14.2 Å². The van der Waals surface area contributed by atoms with E-state index in [-0.39, 0.29) is 6.10 Å². The van der Waals surface area contributed by atoms with Gasteiger partial charge in [0, 0.05) is 44.3 Å². The maximum absolute atomic E-state index is 6.12. The van der Waals surface area contributed by atoms with Crippen molar-refractivity contribution in [1.82, 2.24) is 25.3 Å². The average molecular weight is 497 g/mol. The van der Waals surface area contributed by atoms with E-state index in [1.54, 1.807) is 13.3 Å². The minimum absolute atomic E-state index is 0.171. The summed E-state index contributed by atoms with van der Waals surface area (Å²) in [5.41, 5.74) is 2.35. The minimum atomic E-state index is 0.171. The molecule has 1 saturated carbocycles. The summed E-state index contributed by atoms with van der Waals surface area (Å²) in [6, 6.07) is 6.35. The molecule has 1 aliphatic heterocycles. The van der Waals surface area contributed by atoms with Gasteiger partial charge in [0.2, 0.25) is 0 Å². The minimum Gasteiger partial charge on any atom is -0.460 e. The molecule has 2 fully saturated rings. The fraction of sp³-hybridized carbons (Fsp3) is 0.520. The molecule has 9 nitrogen and oxygen atoms in total. The summed E-state index contributed by atoms with van der Waals surface area (Å²) in [5.74, 6) is 0.757. The van der Waals surface area contributed by atoms with E-state index in [2.05, 4.69) is 36.6 Å². The van der Waals surface area contributed by atoms with Gasteiger partial charge in [-0.2, -0.15) is 4.98 Å². The molecular formula is C25H32N6O3S. The SMILES string of the molecule is COCCCNCc1ccc(Nc2ncc(-c3ccnc(OC4CCC5(CC4)COC5)n3)s2)nc1. The summed E-state index contributed by atoms with van der Waals surface area (Å²) in [7, 11) is 1.72. The van der Waals surface area contributed by atoms with E-state index < -0.39 is 0 Å². The van der Waals surface area contributed by atoms with Gasteiger partial charge in [-0.25, -0.2) is 15.0 Å². The van der Waals surface area contributed by atoms with Crippen LogP contribution in [0.1, 0.15) is 37.7 Å². The van der Waals surface area contributed by atoms with E-state index in [0.717, 1.165) is 92.1 Å². The van der Waals surface area contributed by atoms with Crippen LogP contribution in [0, 0.1) is 5.41 Å². The van der Waals surface area contributed by atoms with Crippen molar-refractivity contribution in [3.05, 3.63) is 42.4 Å². The summed E-state index contributed by atoms with van der Waals surface area (Å²) in [4.78, 5) is 18.9. The van der Waals surface area contributed by atoms with Crippen LogP contribution in [0.5, 0.6) is 6.01 Å². The summed E-state index contributed by atoms with van der Waals surface area (Å²) < 4.78 is 16.6. The van der Waals surface area contributed by atoms with Crippen molar-refractivity contribution in [3.63, 3.8) is 0 Å². The van der Waals surface area contributed by atoms with Crippen LogP contribution in [0.2, 0.25) is 0 Å². The number of aromatic nitrogens is 4. The zero-order chi connectivity index (χ0) is 23.9. The zero-order valence-electron chi connectivity index (χ0n) is 20.0. The third-order valence-electron chi connectivity index (χ3n) is 6.56. The van der Waals surface area contributed by atoms with Gasteiger partial charge in [-0.15, -0.1) is 0 Å². The Morgan fingerprint density at radius 3 is 2.74 bits per heavy atom. The van der Waals surface area contributed by atoms with Gasteiger partial charge >= 0.3 is 6.01 Å². The number of nitrogens with one attached hydrogen (secondary N) is 2. The molecule has 0 aromatic carbocycles. The molecule has 3 aromatic heterocycles. The molecule has 0 amide bonds. The Morgan fingerprint density at radius 1 is 1.11 bits per heavy atom. The Morgan fingerprint density at radius 2 is 2.00 bits per heavy atom. The molecular weight excluding hydrogens is 464 g/mol. The van der Waals surface area contributed by atoms with Crippen LogP contribution < -0.4 is 15.4 Å². The maximum atomic E-state index is 6.12. The molecule has 4 heterocycles. The number of ether oxygens (including phenoxy) is 3. The number of nitrogens with zero attached hydrogens (tertiary/aromatic N) is 4. The van der Waals surface area contributed by atoms with Gasteiger partial charge in [-0.1, -0.05) is 17.4 Å². The number of pyridine rings is 1. The van der Waals surface area contributed by atoms with Crippen molar-refractivity contribution in [3.8, 4) is 16.6 Å². The van der Waals surface area contributed by atoms with Gasteiger partial charge in [0.15, 0.2) is 5.13 Å². The number of thiazole rings is 1. The molecule has 35 heavy (non-hydrogen) atoms. The molecule has 0 radical (unpaired) electrons. The number of methoxy groups -OCH3 is 1. The predicted molar refractivity (Wildman–Crippen MR) is 135 cm³/mol. The molecule has 1 aliphatic carbocycles. The lowest BCUT2D eigenvalue weighted by molar-refractivity contribution is -0.140. The van der Waals surface area contributed by atoms with E-state index in [0.29, 0.717) is 11.4 Å². The van der Waals surface area contributed by atoms with E-state index in [1.807, 2.05) is 24.5 Å². The molecule has 1 saturated heterocycles. The van der Waals surface area contributed by atoms with Crippen LogP contribution in [0.4, 0.5) is 10.9 Å². The zero-order valence-corrected chi connectivity index (χ0v) is 20.9. The normalized spacial score (nSPS) is 17.3. The second-order valence-electron chi connectivity index (χ2n) is 9.26. The maximum Gasteiger partial charge on any atom is 0.317 e. The van der Waals surface area contributed by atoms with Crippen molar-refractivity contribution >= 4 is 22.3 Å². The van der Waals surface area contributed by atoms with Gasteiger partial charge in [-0.05, 0) is 56.3 Å². The second kappa shape index (κ2) is 11.4. The lowest BCUT2D eigenvalue weighted by Crippen LogP contribution is -2.46. The van der Waals surface area contributed by atoms with Crippen LogP contribution in [-0.2, 0) is 16.0 Å². The lowest BCUT2D eigenvalue weighted by atomic mass is 9.72. The molecule has 10 heteroatoms. The van der Waals surface area contributed by atoms with E-state index in [9.17, 15) is 0 Å². The molecule has 0 bridgehead atoms. The largest absolute Gasteiger partial charge is 0.460 e. The topological polar surface area (TPSA) is 103 Å². The Labute approximate surface area is 209 Å². The highest BCUT2D eigenvalue weighted by molar-refractivity contribution is 7.18. The van der Waals surface area contributed by atoms with Crippen LogP contribution in [0.25, 0.3) is 10.6 Å². The monoisotopic (exact) mass is 496 g/mol. The number of hydrogen-bond acceptors (Lipinski definition) is 10. The van der Waals surface area contributed by atoms with Crippen molar-refractivity contribution in [1.29, 1.82) is 0 Å². The highest BCUT2D eigenvalue weighted by Gasteiger charge is 2.42. The third-order valence-corrected chi connectivity index (χ3v) is 7.50. The fourth-order valence-electron chi connectivity index (χ4n) is 4.42. The summed E-state index contributed by atoms with van der Waals surface area (Å²) in [6.45, 7) is 4.28. The van der Waals surface area contributed by atoms with Crippen molar-refractivity contribution in [2.24, 2.45) is 5.41 Å². The van der Waals surface area contributed by atoms with Crippen LogP contribution in [0.3, 0.4) is 0 Å². The third kappa shape index (κ3) is 6.32. The standard InChI is InChI=1S/C25H32N6O3S/c1-32-12-2-10-26-13-18-3-4-22(28-14-18)31-24-29-15-21(35-24)20-7-11-27-23(30-20)34-19-5-8-25(9-6-19)16-33-17-25/h3-4,7,11,14-15,19,26H,2,5-6,8-10,12-13,16-17H2,1H3,(H,28,29,31). The predicted octanol–water partition coefficient (Wildman–Crippen LogP) is 4.20. The Kier molecular flexibility index (Phi) is 7.82. The quantitative estimate of drug-likeness (QED) is 0.378. The van der Waals surface area contributed by atoms with Crippen LogP contribution in [0.15, 0.2) is 36.8 Å². The highest BCUT2D eigenvalue weighted by Crippen LogP contribution is 2.43. The van der Waals surface area contributed by atoms with Gasteiger partial charge < -0.3 is 24.8 Å². The molecule has 0 unspecified atom stereocenters. The Bertz CT molecular complexity index is 1080. The summed E-state index contributed by atoms with van der Waals surface area (Å²) >= 11 is 1.53. The van der Waals surface area contributed by atoms with Gasteiger partial charge in [-0.3, -0.25) is 0 Å². The molecule has 3 aromatic rings. The molecule has 1 spiro atoms. The van der Waals surface area contributed by atoms with Gasteiger partial charge in [0.1, 0.15) is 11.9 Å². The fourth-order valence-corrected chi connectivity index (χ4v) is 5.21. The average Bonchev–Trinajstić information content (AvgIpc) is 3.33. The Hall–Kier alpha value is -2.66. The van der Waals surface area contributed by atoms with Gasteiger partial charge in [0.25, 0.3) is 0 Å². The number of anilines is 2. The first-order valence-corrected chi connectivity index (χ1v) is 13.0.